The molecule has 0 spiro atoms. The van der Waals surface area contributed by atoms with Gasteiger partial charge < -0.3 is 9.29 Å². The fourth-order valence-corrected chi connectivity index (χ4v) is 6.14. The third-order valence-corrected chi connectivity index (χ3v) is 8.19. The second-order valence-corrected chi connectivity index (χ2v) is 10.4. The Morgan fingerprint density at radius 1 is 0.941 bits per heavy atom. The number of Topliss-reactive ketones (excluding diaryl/α,β-unsaturated/α-hetero) is 2. The Hall–Kier alpha value is -3.59. The number of ketones is 2. The standard InChI is InChI=1S/C25H21NO7S/c27-23-17-11-9-15(25(29)30)13-18(17)24(28)21(23)19-12-10-14-5-4-8-20(22(14)26-19)33-34(31,32)16-6-2-1-3-7-16/h4-5,8-13,16,21H,1-3,6-7H2,(H,29,30). The van der Waals surface area contributed by atoms with Gasteiger partial charge in [-0.05, 0) is 43.2 Å². The number of carbonyl (C=O) groups excluding carboxylic acids is 2. The van der Waals surface area contributed by atoms with Crippen LogP contribution >= 0.6 is 0 Å². The molecule has 9 heteroatoms. The lowest BCUT2D eigenvalue weighted by Gasteiger charge is -2.21. The van der Waals surface area contributed by atoms with Crippen molar-refractivity contribution in [1.29, 1.82) is 0 Å². The van der Waals surface area contributed by atoms with Crippen molar-refractivity contribution in [3.63, 3.8) is 0 Å². The van der Waals surface area contributed by atoms with Gasteiger partial charge in [0, 0.05) is 16.5 Å². The first-order valence-electron chi connectivity index (χ1n) is 11.0. The van der Waals surface area contributed by atoms with Crippen LogP contribution in [-0.2, 0) is 10.1 Å². The molecule has 1 atom stereocenters. The molecular weight excluding hydrogens is 458 g/mol. The van der Waals surface area contributed by atoms with E-state index in [0.717, 1.165) is 19.3 Å². The van der Waals surface area contributed by atoms with E-state index in [1.807, 2.05) is 0 Å². The lowest BCUT2D eigenvalue weighted by Crippen LogP contribution is -2.28. The van der Waals surface area contributed by atoms with Gasteiger partial charge in [-0.1, -0.05) is 37.5 Å². The van der Waals surface area contributed by atoms with Gasteiger partial charge in [-0.2, -0.15) is 8.42 Å². The van der Waals surface area contributed by atoms with E-state index in [2.05, 4.69) is 4.98 Å². The average molecular weight is 480 g/mol. The summed E-state index contributed by atoms with van der Waals surface area (Å²) in [5.41, 5.74) is 0.493. The van der Waals surface area contributed by atoms with Crippen LogP contribution in [0, 0.1) is 0 Å². The Morgan fingerprint density at radius 2 is 1.68 bits per heavy atom. The molecule has 1 aromatic heterocycles. The molecule has 2 aromatic carbocycles. The van der Waals surface area contributed by atoms with Crippen molar-refractivity contribution in [3.05, 3.63) is 70.9 Å². The highest BCUT2D eigenvalue weighted by Gasteiger charge is 2.41. The molecule has 2 aliphatic carbocycles. The zero-order valence-electron chi connectivity index (χ0n) is 18.1. The SMILES string of the molecule is O=C(O)c1ccc2c(c1)C(=O)C(c1ccc3cccc(OS(=O)(=O)C4CCCCC4)c3n1)C2=O. The van der Waals surface area contributed by atoms with Gasteiger partial charge in [0.2, 0.25) is 0 Å². The fourth-order valence-electron chi connectivity index (χ4n) is 4.70. The van der Waals surface area contributed by atoms with Gasteiger partial charge in [0.1, 0.15) is 11.4 Å². The molecule has 0 bridgehead atoms. The van der Waals surface area contributed by atoms with Crippen molar-refractivity contribution >= 4 is 38.6 Å². The van der Waals surface area contributed by atoms with Crippen LogP contribution in [0.1, 0.15) is 74.8 Å². The van der Waals surface area contributed by atoms with Gasteiger partial charge in [-0.15, -0.1) is 0 Å². The van der Waals surface area contributed by atoms with Crippen LogP contribution in [0.25, 0.3) is 10.9 Å². The van der Waals surface area contributed by atoms with Crippen LogP contribution in [-0.4, -0.2) is 41.3 Å². The van der Waals surface area contributed by atoms with Crippen LogP contribution in [0.3, 0.4) is 0 Å². The number of carbonyl (C=O) groups is 3. The summed E-state index contributed by atoms with van der Waals surface area (Å²) in [5, 5.41) is 9.24. The molecule has 1 fully saturated rings. The topological polar surface area (TPSA) is 128 Å². The van der Waals surface area contributed by atoms with Crippen molar-refractivity contribution in [2.45, 2.75) is 43.3 Å². The number of fused-ring (bicyclic) bond motifs is 2. The monoisotopic (exact) mass is 479 g/mol. The second-order valence-electron chi connectivity index (χ2n) is 8.63. The molecule has 0 radical (unpaired) electrons. The van der Waals surface area contributed by atoms with Crippen molar-refractivity contribution in [1.82, 2.24) is 4.98 Å². The van der Waals surface area contributed by atoms with Crippen LogP contribution in [0.15, 0.2) is 48.5 Å². The van der Waals surface area contributed by atoms with Crippen LogP contribution in [0.5, 0.6) is 5.75 Å². The third-order valence-electron chi connectivity index (χ3n) is 6.49. The van der Waals surface area contributed by atoms with E-state index in [1.54, 1.807) is 24.3 Å². The maximum Gasteiger partial charge on any atom is 0.335 e. The molecule has 2 aliphatic rings. The van der Waals surface area contributed by atoms with Gasteiger partial charge in [0.05, 0.1) is 16.5 Å². The number of nitrogens with zero attached hydrogens (tertiary/aromatic N) is 1. The highest BCUT2D eigenvalue weighted by atomic mass is 32.2. The van der Waals surface area contributed by atoms with E-state index >= 15 is 0 Å². The predicted molar refractivity (Wildman–Crippen MR) is 123 cm³/mol. The van der Waals surface area contributed by atoms with E-state index in [0.29, 0.717) is 18.2 Å². The van der Waals surface area contributed by atoms with Crippen molar-refractivity contribution in [2.24, 2.45) is 0 Å². The van der Waals surface area contributed by atoms with Gasteiger partial charge >= 0.3 is 16.1 Å². The Morgan fingerprint density at radius 3 is 2.41 bits per heavy atom. The van der Waals surface area contributed by atoms with Crippen LogP contribution < -0.4 is 4.18 Å². The number of pyridine rings is 1. The van der Waals surface area contributed by atoms with E-state index in [4.69, 9.17) is 4.18 Å². The van der Waals surface area contributed by atoms with Crippen molar-refractivity contribution in [2.75, 3.05) is 0 Å². The number of carboxylic acid groups (broad SMARTS) is 1. The Balaban J connectivity index is 1.53. The van der Waals surface area contributed by atoms with Crippen molar-refractivity contribution in [3.8, 4) is 5.75 Å². The summed E-state index contributed by atoms with van der Waals surface area (Å²) in [6.07, 6.45) is 3.77. The lowest BCUT2D eigenvalue weighted by atomic mass is 9.98. The summed E-state index contributed by atoms with van der Waals surface area (Å²) in [7, 11) is -3.87. The molecule has 0 saturated heterocycles. The summed E-state index contributed by atoms with van der Waals surface area (Å²) < 4.78 is 31.3. The molecule has 1 heterocycles. The predicted octanol–water partition coefficient (Wildman–Crippen LogP) is 4.14. The Kier molecular flexibility index (Phi) is 5.44. The number of rotatable bonds is 5. The van der Waals surface area contributed by atoms with Gasteiger partial charge in [-0.3, -0.25) is 9.59 Å². The summed E-state index contributed by atoms with van der Waals surface area (Å²) in [4.78, 5) is 41.8. The van der Waals surface area contributed by atoms with E-state index in [1.165, 1.54) is 24.3 Å². The van der Waals surface area contributed by atoms with Crippen LogP contribution in [0.2, 0.25) is 0 Å². The fraction of sp³-hybridized carbons (Fsp3) is 0.280. The number of hydrogen-bond acceptors (Lipinski definition) is 7. The smallest absolute Gasteiger partial charge is 0.335 e. The molecule has 8 nitrogen and oxygen atoms in total. The number of aromatic carboxylic acids is 1. The maximum atomic E-state index is 13.1. The Bertz CT molecular complexity index is 1460. The quantitative estimate of drug-likeness (QED) is 0.427. The lowest BCUT2D eigenvalue weighted by molar-refractivity contribution is 0.0696. The minimum absolute atomic E-state index is 0.0428. The Labute approximate surface area is 195 Å². The third kappa shape index (κ3) is 3.75. The minimum atomic E-state index is -3.87. The van der Waals surface area contributed by atoms with Gasteiger partial charge in [-0.25, -0.2) is 9.78 Å². The van der Waals surface area contributed by atoms with E-state index < -0.39 is 38.8 Å². The average Bonchev–Trinajstić information content (AvgIpc) is 3.09. The molecule has 174 valence electrons. The molecule has 34 heavy (non-hydrogen) atoms. The number of para-hydroxylation sites is 1. The highest BCUT2D eigenvalue weighted by Crippen LogP contribution is 2.36. The first kappa shape index (κ1) is 22.2. The summed E-state index contributed by atoms with van der Waals surface area (Å²) in [6, 6.07) is 11.9. The highest BCUT2D eigenvalue weighted by molar-refractivity contribution is 7.87. The molecular formula is C25H21NO7S. The minimum Gasteiger partial charge on any atom is -0.478 e. The summed E-state index contributed by atoms with van der Waals surface area (Å²) in [6.45, 7) is 0. The molecule has 5 rings (SSSR count). The zero-order chi connectivity index (χ0) is 24.0. The molecule has 1 saturated carbocycles. The van der Waals surface area contributed by atoms with Gasteiger partial charge in [0.25, 0.3) is 0 Å². The second kappa shape index (κ2) is 8.32. The largest absolute Gasteiger partial charge is 0.478 e. The number of carboxylic acids is 1. The van der Waals surface area contributed by atoms with Crippen molar-refractivity contribution < 1.29 is 32.1 Å². The first-order valence-corrected chi connectivity index (χ1v) is 12.5. The first-order chi connectivity index (χ1) is 16.3. The summed E-state index contributed by atoms with van der Waals surface area (Å²) >= 11 is 0. The van der Waals surface area contributed by atoms with Crippen LogP contribution in [0.4, 0.5) is 0 Å². The molecule has 1 N–H and O–H groups in total. The zero-order valence-corrected chi connectivity index (χ0v) is 18.9. The van der Waals surface area contributed by atoms with E-state index in [-0.39, 0.29) is 33.7 Å². The normalized spacial score (nSPS) is 18.8. The molecule has 1 unspecified atom stereocenters. The molecule has 0 aliphatic heterocycles. The van der Waals surface area contributed by atoms with Gasteiger partial charge in [0.15, 0.2) is 17.3 Å². The molecule has 3 aromatic rings. The number of benzene rings is 2. The number of aromatic nitrogens is 1. The summed E-state index contributed by atoms with van der Waals surface area (Å²) in [5.74, 6) is -3.39. The maximum absolute atomic E-state index is 13.1. The number of hydrogen-bond donors (Lipinski definition) is 1. The molecule has 0 amide bonds. The van der Waals surface area contributed by atoms with E-state index in [9.17, 15) is 27.9 Å².